The molecule has 14 heavy (non-hydrogen) atoms. The van der Waals surface area contributed by atoms with E-state index in [0.29, 0.717) is 0 Å². The number of aryl methyl sites for hydroxylation is 1. The zero-order valence-corrected chi connectivity index (χ0v) is 10.5. The van der Waals surface area contributed by atoms with E-state index >= 15 is 0 Å². The highest BCUT2D eigenvalue weighted by Gasteiger charge is 2.20. The van der Waals surface area contributed by atoms with Gasteiger partial charge in [0.25, 0.3) is 0 Å². The standard InChI is InChI=1S/C12H16OSi/c1-7-6-13-12-11(8(7)2)9(3)10(4)14(12)5/h6H,1-5H3. The summed E-state index contributed by atoms with van der Waals surface area (Å²) in [4.78, 5) is 0. The van der Waals surface area contributed by atoms with Crippen molar-refractivity contribution in [3.63, 3.8) is 0 Å². The summed E-state index contributed by atoms with van der Waals surface area (Å²) in [5.74, 6) is 0. The minimum Gasteiger partial charge on any atom is -0.470 e. The van der Waals surface area contributed by atoms with Gasteiger partial charge < -0.3 is 4.42 Å². The van der Waals surface area contributed by atoms with Crippen LogP contribution < -0.4 is 0 Å². The van der Waals surface area contributed by atoms with Crippen molar-refractivity contribution in [2.24, 2.45) is 6.55 Å². The van der Waals surface area contributed by atoms with Crippen LogP contribution in [0.5, 0.6) is 0 Å². The molecule has 2 rings (SSSR count). The molecule has 0 bridgehead atoms. The van der Waals surface area contributed by atoms with Gasteiger partial charge in [-0.15, -0.1) is 0 Å². The summed E-state index contributed by atoms with van der Waals surface area (Å²) < 4.78 is 5.74. The quantitative estimate of drug-likeness (QED) is 0.601. The van der Waals surface area contributed by atoms with Crippen molar-refractivity contribution in [1.29, 1.82) is 0 Å². The molecule has 1 nitrogen and oxygen atoms in total. The molecule has 0 aromatic rings. The molecule has 2 heterocycles. The van der Waals surface area contributed by atoms with E-state index in [1.165, 1.54) is 27.6 Å². The largest absolute Gasteiger partial charge is 0.470 e. The average Bonchev–Trinajstić information content (AvgIpc) is 2.38. The lowest BCUT2D eigenvalue weighted by Gasteiger charge is -2.08. The fourth-order valence-electron chi connectivity index (χ4n) is 2.03. The second-order valence-electron chi connectivity index (χ2n) is 4.12. The fraction of sp³-hybridized carbons (Fsp3) is 0.417. The Labute approximate surface area is 86.6 Å². The molecule has 0 N–H and O–H groups in total. The van der Waals surface area contributed by atoms with Crippen LogP contribution in [0.2, 0.25) is 0 Å². The van der Waals surface area contributed by atoms with E-state index < -0.39 is 8.40 Å². The fourth-order valence-corrected chi connectivity index (χ4v) is 4.04. The van der Waals surface area contributed by atoms with Crippen molar-refractivity contribution in [3.05, 3.63) is 28.1 Å². The lowest BCUT2D eigenvalue weighted by molar-refractivity contribution is 0.567. The molecule has 0 radical (unpaired) electrons. The molecule has 0 saturated carbocycles. The first-order chi connectivity index (χ1) is 6.54. The number of hydrogen-bond acceptors (Lipinski definition) is 1. The maximum atomic E-state index is 5.74. The van der Waals surface area contributed by atoms with E-state index in [0.717, 1.165) is 0 Å². The molecule has 0 aromatic heterocycles. The van der Waals surface area contributed by atoms with Crippen LogP contribution >= 0.6 is 0 Å². The molecule has 0 amide bonds. The molecule has 0 saturated heterocycles. The van der Waals surface area contributed by atoms with Gasteiger partial charge in [-0.2, -0.15) is 0 Å². The third kappa shape index (κ3) is 1.10. The van der Waals surface area contributed by atoms with Crippen LogP contribution in [0.1, 0.15) is 21.9 Å². The smallest absolute Gasteiger partial charge is 0.108 e. The van der Waals surface area contributed by atoms with Crippen molar-refractivity contribution in [2.75, 3.05) is 0 Å². The molecule has 0 aliphatic carbocycles. The van der Waals surface area contributed by atoms with Crippen LogP contribution in [0.25, 0.3) is 10.9 Å². The first-order valence-electron chi connectivity index (χ1n) is 4.98. The van der Waals surface area contributed by atoms with Crippen molar-refractivity contribution in [1.82, 2.24) is 0 Å². The van der Waals surface area contributed by atoms with Gasteiger partial charge in [-0.05, 0) is 50.9 Å². The van der Waals surface area contributed by atoms with E-state index in [4.69, 9.17) is 4.42 Å². The summed E-state index contributed by atoms with van der Waals surface area (Å²) in [5.41, 5.74) is 5.48. The molecule has 2 aliphatic rings. The van der Waals surface area contributed by atoms with Gasteiger partial charge in [-0.1, -0.05) is 5.17 Å². The third-order valence-corrected chi connectivity index (χ3v) is 5.94. The topological polar surface area (TPSA) is 13.1 Å². The van der Waals surface area contributed by atoms with Crippen LogP contribution in [0.4, 0.5) is 0 Å². The second-order valence-corrected chi connectivity index (χ2v) is 6.58. The SMILES string of the molecule is Cc1coc2[si](C)c(C)c(C)c-2c1C. The highest BCUT2D eigenvalue weighted by atomic mass is 28.2. The first-order valence-corrected chi connectivity index (χ1v) is 6.98. The summed E-state index contributed by atoms with van der Waals surface area (Å²) in [5, 5.41) is 2.79. The van der Waals surface area contributed by atoms with Crippen molar-refractivity contribution < 1.29 is 4.42 Å². The summed E-state index contributed by atoms with van der Waals surface area (Å²) in [6.07, 6.45) is 1.90. The van der Waals surface area contributed by atoms with Gasteiger partial charge in [-0.25, -0.2) is 0 Å². The molecule has 0 aromatic carbocycles. The monoisotopic (exact) mass is 204 g/mol. The highest BCUT2D eigenvalue weighted by molar-refractivity contribution is 6.60. The number of fused-ring (bicyclic) bond motifs is 1. The summed E-state index contributed by atoms with van der Waals surface area (Å²) in [7, 11) is -0.566. The Balaban J connectivity index is 2.93. The van der Waals surface area contributed by atoms with Crippen LogP contribution in [-0.2, 0) is 6.55 Å². The van der Waals surface area contributed by atoms with Gasteiger partial charge >= 0.3 is 0 Å². The third-order valence-electron chi connectivity index (χ3n) is 3.39. The Morgan fingerprint density at radius 2 is 1.71 bits per heavy atom. The van der Waals surface area contributed by atoms with Crippen LogP contribution in [0.3, 0.4) is 0 Å². The normalized spacial score (nSPS) is 11.2. The predicted octanol–water partition coefficient (Wildman–Crippen LogP) is 3.18. The zero-order valence-electron chi connectivity index (χ0n) is 9.49. The predicted molar refractivity (Wildman–Crippen MR) is 61.2 cm³/mol. The van der Waals surface area contributed by atoms with E-state index in [1.807, 2.05) is 6.26 Å². The molecule has 0 atom stereocenters. The van der Waals surface area contributed by atoms with Gasteiger partial charge in [0.2, 0.25) is 0 Å². The van der Waals surface area contributed by atoms with Crippen LogP contribution in [0.15, 0.2) is 10.7 Å². The van der Waals surface area contributed by atoms with E-state index in [-0.39, 0.29) is 0 Å². The van der Waals surface area contributed by atoms with Gasteiger partial charge in [0.15, 0.2) is 0 Å². The summed E-state index contributed by atoms with van der Waals surface area (Å²) in [6.45, 7) is 11.1. The van der Waals surface area contributed by atoms with Gasteiger partial charge in [0.05, 0.1) is 14.7 Å². The van der Waals surface area contributed by atoms with Gasteiger partial charge in [0, 0.05) is 5.56 Å². The molecular formula is C12H16OSi. The minimum absolute atomic E-state index is 0.566. The van der Waals surface area contributed by atoms with Gasteiger partial charge in [-0.3, -0.25) is 0 Å². The molecule has 0 fully saturated rings. The Hall–Kier alpha value is -0.893. The van der Waals surface area contributed by atoms with Gasteiger partial charge in [0.1, 0.15) is 5.37 Å². The lowest BCUT2D eigenvalue weighted by atomic mass is 10.0. The van der Waals surface area contributed by atoms with Crippen molar-refractivity contribution >= 4 is 8.40 Å². The summed E-state index contributed by atoms with van der Waals surface area (Å²) >= 11 is 0. The maximum Gasteiger partial charge on any atom is 0.108 e. The molecular weight excluding hydrogens is 188 g/mol. The Bertz CT molecular complexity index is 468. The second kappa shape index (κ2) is 3.06. The average molecular weight is 204 g/mol. The molecule has 0 spiro atoms. The van der Waals surface area contributed by atoms with Crippen molar-refractivity contribution in [3.8, 4) is 10.9 Å². The first kappa shape index (κ1) is 9.65. The van der Waals surface area contributed by atoms with Crippen molar-refractivity contribution in [2.45, 2.75) is 27.7 Å². The van der Waals surface area contributed by atoms with Crippen LogP contribution in [0, 0.1) is 27.7 Å². The lowest BCUT2D eigenvalue weighted by Crippen LogP contribution is -1.95. The number of rotatable bonds is 0. The molecule has 2 heteroatoms. The van der Waals surface area contributed by atoms with E-state index in [9.17, 15) is 0 Å². The Morgan fingerprint density at radius 3 is 2.36 bits per heavy atom. The number of hydrogen-bond donors (Lipinski definition) is 0. The minimum atomic E-state index is -0.566. The molecule has 74 valence electrons. The Morgan fingerprint density at radius 1 is 1.07 bits per heavy atom. The van der Waals surface area contributed by atoms with Crippen LogP contribution in [-0.4, -0.2) is 8.40 Å². The Kier molecular flexibility index (Phi) is 2.11. The maximum absolute atomic E-state index is 5.74. The van der Waals surface area contributed by atoms with E-state index in [1.54, 1.807) is 5.17 Å². The molecule has 2 aliphatic heterocycles. The zero-order chi connectivity index (χ0) is 10.5. The van der Waals surface area contributed by atoms with E-state index in [2.05, 4.69) is 34.2 Å². The molecule has 0 unspecified atom stereocenters. The summed E-state index contributed by atoms with van der Waals surface area (Å²) in [6, 6.07) is 0. The highest BCUT2D eigenvalue weighted by Crippen LogP contribution is 2.34.